The highest BCUT2D eigenvalue weighted by Gasteiger charge is 2.52. The van der Waals surface area contributed by atoms with Gasteiger partial charge >= 0.3 is 0 Å². The highest BCUT2D eigenvalue weighted by atomic mass is 16.5. The minimum absolute atomic E-state index is 0.00734. The van der Waals surface area contributed by atoms with Gasteiger partial charge in [-0.15, -0.1) is 0 Å². The molecule has 0 spiro atoms. The number of anilines is 1. The second-order valence-corrected chi connectivity index (χ2v) is 8.65. The zero-order valence-corrected chi connectivity index (χ0v) is 19.2. The maximum atomic E-state index is 13.3. The number of aromatic nitrogens is 1. The summed E-state index contributed by atoms with van der Waals surface area (Å²) >= 11 is 0. The number of hydrogen-bond acceptors (Lipinski definition) is 5. The van der Waals surface area contributed by atoms with Crippen molar-refractivity contribution in [3.05, 3.63) is 59.9 Å². The molecule has 3 amide bonds. The lowest BCUT2D eigenvalue weighted by Crippen LogP contribution is -2.62. The first kappa shape index (κ1) is 22.9. The molecule has 1 fully saturated rings. The van der Waals surface area contributed by atoms with Gasteiger partial charge in [0.1, 0.15) is 5.66 Å². The Morgan fingerprint density at radius 1 is 1.18 bits per heavy atom. The van der Waals surface area contributed by atoms with Crippen LogP contribution >= 0.6 is 0 Å². The standard InChI is InChI=1S/C25H30N4O4/c1-25-13-12-23(31)29(25)21-10-4-3-9-20(21)24(32)28(25)15-7-11-22(30)27(16-17-33-2)18-19-8-5-6-14-26-19/h3-6,8-10,14H,7,11-13,15-18H2,1-2H3. The van der Waals surface area contributed by atoms with Crippen molar-refractivity contribution >= 4 is 23.4 Å². The number of hydrogen-bond donors (Lipinski definition) is 0. The summed E-state index contributed by atoms with van der Waals surface area (Å²) in [6.07, 6.45) is 3.51. The molecule has 2 aliphatic heterocycles. The quantitative estimate of drug-likeness (QED) is 0.587. The van der Waals surface area contributed by atoms with Crippen LogP contribution in [0.25, 0.3) is 0 Å². The Hall–Kier alpha value is -3.26. The fourth-order valence-corrected chi connectivity index (χ4v) is 4.77. The first-order valence-electron chi connectivity index (χ1n) is 11.4. The number of nitrogens with zero attached hydrogens (tertiary/aromatic N) is 4. The largest absolute Gasteiger partial charge is 0.383 e. The van der Waals surface area contributed by atoms with E-state index in [1.165, 1.54) is 0 Å². The Bertz CT molecular complexity index is 1030. The molecule has 0 saturated carbocycles. The van der Waals surface area contributed by atoms with Gasteiger partial charge in [0.15, 0.2) is 0 Å². The highest BCUT2D eigenvalue weighted by Crippen LogP contribution is 2.44. The van der Waals surface area contributed by atoms with Crippen molar-refractivity contribution in [3.8, 4) is 0 Å². The first-order valence-corrected chi connectivity index (χ1v) is 11.4. The monoisotopic (exact) mass is 450 g/mol. The lowest BCUT2D eigenvalue weighted by atomic mass is 9.98. The van der Waals surface area contributed by atoms with Crippen molar-refractivity contribution in [1.29, 1.82) is 0 Å². The molecular weight excluding hydrogens is 420 g/mol. The second-order valence-electron chi connectivity index (χ2n) is 8.65. The van der Waals surface area contributed by atoms with Gasteiger partial charge in [-0.25, -0.2) is 0 Å². The molecule has 1 unspecified atom stereocenters. The summed E-state index contributed by atoms with van der Waals surface area (Å²) in [5, 5.41) is 0. The van der Waals surface area contributed by atoms with Crippen LogP contribution in [-0.2, 0) is 20.9 Å². The lowest BCUT2D eigenvalue weighted by Gasteiger charge is -2.48. The van der Waals surface area contributed by atoms with E-state index in [0.29, 0.717) is 63.2 Å². The van der Waals surface area contributed by atoms with Crippen molar-refractivity contribution in [2.45, 2.75) is 44.8 Å². The van der Waals surface area contributed by atoms with Crippen molar-refractivity contribution in [2.24, 2.45) is 0 Å². The van der Waals surface area contributed by atoms with Crippen LogP contribution in [0.3, 0.4) is 0 Å². The van der Waals surface area contributed by atoms with Gasteiger partial charge in [-0.1, -0.05) is 18.2 Å². The van der Waals surface area contributed by atoms with Crippen LogP contribution in [0.1, 0.15) is 48.7 Å². The summed E-state index contributed by atoms with van der Waals surface area (Å²) in [4.78, 5) is 48.6. The average Bonchev–Trinajstić information content (AvgIpc) is 3.14. The van der Waals surface area contributed by atoms with Crippen LogP contribution in [0.4, 0.5) is 5.69 Å². The third-order valence-corrected chi connectivity index (χ3v) is 6.51. The molecule has 1 saturated heterocycles. The van der Waals surface area contributed by atoms with Crippen molar-refractivity contribution in [1.82, 2.24) is 14.8 Å². The molecule has 174 valence electrons. The van der Waals surface area contributed by atoms with Crippen LogP contribution in [0, 0.1) is 0 Å². The third-order valence-electron chi connectivity index (χ3n) is 6.51. The van der Waals surface area contributed by atoms with Crippen molar-refractivity contribution in [2.75, 3.05) is 31.7 Å². The van der Waals surface area contributed by atoms with Gasteiger partial charge in [-0.3, -0.25) is 24.3 Å². The van der Waals surface area contributed by atoms with E-state index in [9.17, 15) is 14.4 Å². The highest BCUT2D eigenvalue weighted by molar-refractivity contribution is 6.10. The Morgan fingerprint density at radius 3 is 2.73 bits per heavy atom. The minimum atomic E-state index is -0.699. The summed E-state index contributed by atoms with van der Waals surface area (Å²) < 4.78 is 5.17. The molecule has 33 heavy (non-hydrogen) atoms. The number of benzene rings is 1. The third kappa shape index (κ3) is 4.48. The second kappa shape index (κ2) is 9.70. The first-order chi connectivity index (χ1) is 16.0. The summed E-state index contributed by atoms with van der Waals surface area (Å²) in [5.74, 6) is -0.0667. The van der Waals surface area contributed by atoms with Crippen LogP contribution in [0.5, 0.6) is 0 Å². The topological polar surface area (TPSA) is 83.1 Å². The summed E-state index contributed by atoms with van der Waals surface area (Å²) in [6, 6.07) is 12.9. The lowest BCUT2D eigenvalue weighted by molar-refractivity contribution is -0.132. The maximum absolute atomic E-state index is 13.3. The summed E-state index contributed by atoms with van der Waals surface area (Å²) in [7, 11) is 1.61. The number of methoxy groups -OCH3 is 1. The number of ether oxygens (including phenoxy) is 1. The average molecular weight is 451 g/mol. The molecular formula is C25H30N4O4. The molecule has 4 rings (SSSR count). The van der Waals surface area contributed by atoms with E-state index in [0.717, 1.165) is 5.69 Å². The summed E-state index contributed by atoms with van der Waals surface area (Å²) in [5.41, 5.74) is 1.33. The molecule has 1 aromatic carbocycles. The van der Waals surface area contributed by atoms with Gasteiger partial charge in [-0.05, 0) is 44.0 Å². The normalized spacial score (nSPS) is 19.5. The number of carbonyl (C=O) groups excluding carboxylic acids is 3. The number of carbonyl (C=O) groups is 3. The molecule has 1 atom stereocenters. The predicted octanol–water partition coefficient (Wildman–Crippen LogP) is 2.84. The van der Waals surface area contributed by atoms with Crippen LogP contribution in [0.2, 0.25) is 0 Å². The molecule has 0 aliphatic carbocycles. The van der Waals surface area contributed by atoms with Crippen LogP contribution in [-0.4, -0.2) is 65.0 Å². The van der Waals surface area contributed by atoms with E-state index in [4.69, 9.17) is 4.74 Å². The van der Waals surface area contributed by atoms with E-state index in [2.05, 4.69) is 4.98 Å². The van der Waals surface area contributed by atoms with E-state index >= 15 is 0 Å². The molecule has 1 aromatic heterocycles. The summed E-state index contributed by atoms with van der Waals surface area (Å²) in [6.45, 7) is 3.68. The van der Waals surface area contributed by atoms with Crippen molar-refractivity contribution in [3.63, 3.8) is 0 Å². The van der Waals surface area contributed by atoms with Gasteiger partial charge in [0, 0.05) is 39.2 Å². The maximum Gasteiger partial charge on any atom is 0.257 e. The minimum Gasteiger partial charge on any atom is -0.383 e. The molecule has 2 aromatic rings. The zero-order chi connectivity index (χ0) is 23.4. The number of pyridine rings is 1. The van der Waals surface area contributed by atoms with Gasteiger partial charge < -0.3 is 14.5 Å². The molecule has 0 radical (unpaired) electrons. The molecule has 0 bridgehead atoms. The van der Waals surface area contributed by atoms with E-state index in [1.54, 1.807) is 34.1 Å². The molecule has 8 nitrogen and oxygen atoms in total. The van der Waals surface area contributed by atoms with Gasteiger partial charge in [0.25, 0.3) is 5.91 Å². The fourth-order valence-electron chi connectivity index (χ4n) is 4.77. The number of para-hydroxylation sites is 1. The Kier molecular flexibility index (Phi) is 6.74. The fraction of sp³-hybridized carbons (Fsp3) is 0.440. The van der Waals surface area contributed by atoms with Gasteiger partial charge in [-0.2, -0.15) is 0 Å². The Balaban J connectivity index is 1.45. The number of amides is 3. The molecule has 2 aliphatic rings. The SMILES string of the molecule is COCCN(Cc1ccccn1)C(=O)CCCN1C(=O)c2ccccc2N2C(=O)CCC12C. The predicted molar refractivity (Wildman–Crippen MR) is 123 cm³/mol. The van der Waals surface area contributed by atoms with Crippen LogP contribution < -0.4 is 4.90 Å². The van der Waals surface area contributed by atoms with Crippen LogP contribution in [0.15, 0.2) is 48.7 Å². The number of rotatable bonds is 9. The van der Waals surface area contributed by atoms with Gasteiger partial charge in [0.05, 0.1) is 30.1 Å². The molecule has 0 N–H and O–H groups in total. The molecule has 3 heterocycles. The smallest absolute Gasteiger partial charge is 0.257 e. The van der Waals surface area contributed by atoms with Gasteiger partial charge in [0.2, 0.25) is 11.8 Å². The molecule has 8 heteroatoms. The van der Waals surface area contributed by atoms with E-state index < -0.39 is 5.66 Å². The van der Waals surface area contributed by atoms with Crippen molar-refractivity contribution < 1.29 is 19.1 Å². The Morgan fingerprint density at radius 2 is 1.97 bits per heavy atom. The Labute approximate surface area is 194 Å². The van der Waals surface area contributed by atoms with E-state index in [1.807, 2.05) is 43.3 Å². The zero-order valence-electron chi connectivity index (χ0n) is 19.2. The van der Waals surface area contributed by atoms with E-state index in [-0.39, 0.29) is 17.7 Å². The number of fused-ring (bicyclic) bond motifs is 3.